The number of esters is 1. The molecule has 7 heteroatoms. The first-order valence-corrected chi connectivity index (χ1v) is 8.11. The molecule has 0 aliphatic carbocycles. The summed E-state index contributed by atoms with van der Waals surface area (Å²) in [5, 5.41) is 9.25. The number of aromatic hydroxyl groups is 1. The topological polar surface area (TPSA) is 102 Å². The number of hydrogen-bond donors (Lipinski definition) is 2. The highest BCUT2D eigenvalue weighted by Crippen LogP contribution is 2.24. The second-order valence-corrected chi connectivity index (χ2v) is 5.61. The minimum absolute atomic E-state index is 0.165. The highest BCUT2D eigenvalue weighted by molar-refractivity contribution is 6.03. The number of carbonyl (C=O) groups is 2. The molecule has 0 atom stereocenters. The lowest BCUT2D eigenvalue weighted by atomic mass is 10.1. The normalized spacial score (nSPS) is 10.4. The van der Waals surface area contributed by atoms with Crippen molar-refractivity contribution in [1.29, 1.82) is 0 Å². The van der Waals surface area contributed by atoms with Crippen molar-refractivity contribution in [1.82, 2.24) is 0 Å². The van der Waals surface area contributed by atoms with Gasteiger partial charge >= 0.3 is 5.97 Å². The number of nitrogens with two attached hydrogens (primary N) is 1. The Bertz CT molecular complexity index is 774. The highest BCUT2D eigenvalue weighted by atomic mass is 16.5. The molecule has 0 saturated carbocycles. The van der Waals surface area contributed by atoms with Crippen LogP contribution in [-0.4, -0.2) is 37.2 Å². The van der Waals surface area contributed by atoms with Gasteiger partial charge in [-0.3, -0.25) is 4.79 Å². The van der Waals surface area contributed by atoms with E-state index >= 15 is 0 Å². The van der Waals surface area contributed by atoms with Crippen molar-refractivity contribution >= 4 is 23.3 Å². The van der Waals surface area contributed by atoms with Crippen molar-refractivity contribution in [2.75, 3.05) is 30.9 Å². The molecule has 0 heterocycles. The van der Waals surface area contributed by atoms with Crippen LogP contribution in [0.1, 0.15) is 22.8 Å². The molecule has 2 aromatic carbocycles. The van der Waals surface area contributed by atoms with Gasteiger partial charge < -0.3 is 25.2 Å². The average Bonchev–Trinajstić information content (AvgIpc) is 2.62. The predicted molar refractivity (Wildman–Crippen MR) is 98.0 cm³/mol. The summed E-state index contributed by atoms with van der Waals surface area (Å²) in [7, 11) is 1.55. The predicted octanol–water partition coefficient (Wildman–Crippen LogP) is 2.33. The highest BCUT2D eigenvalue weighted by Gasteiger charge is 2.20. The van der Waals surface area contributed by atoms with E-state index in [1.807, 2.05) is 0 Å². The first-order chi connectivity index (χ1) is 12.4. The third kappa shape index (κ3) is 4.97. The van der Waals surface area contributed by atoms with Crippen LogP contribution < -0.4 is 10.6 Å². The molecular weight excluding hydrogens is 336 g/mol. The van der Waals surface area contributed by atoms with E-state index in [-0.39, 0.29) is 37.0 Å². The standard InChI is InChI=1S/C19H22N2O5/c1-3-26-19(24)16-9-6-14(20)10-17(16)21(2)18(23)12-25-11-13-4-7-15(22)8-5-13/h4-10,22H,3,11-12,20H2,1-2H3. The van der Waals surface area contributed by atoms with E-state index in [1.165, 1.54) is 11.0 Å². The number of carbonyl (C=O) groups excluding carboxylic acids is 2. The number of hydrogen-bond acceptors (Lipinski definition) is 6. The Kier molecular flexibility index (Phi) is 6.57. The maximum absolute atomic E-state index is 12.4. The van der Waals surface area contributed by atoms with Crippen molar-refractivity contribution in [2.24, 2.45) is 0 Å². The minimum atomic E-state index is -0.521. The van der Waals surface area contributed by atoms with Gasteiger partial charge in [-0.15, -0.1) is 0 Å². The van der Waals surface area contributed by atoms with Crippen LogP contribution >= 0.6 is 0 Å². The van der Waals surface area contributed by atoms with E-state index < -0.39 is 5.97 Å². The summed E-state index contributed by atoms with van der Waals surface area (Å²) < 4.78 is 10.4. The first kappa shape index (κ1) is 19.3. The van der Waals surface area contributed by atoms with Gasteiger partial charge in [-0.25, -0.2) is 4.79 Å². The zero-order chi connectivity index (χ0) is 19.1. The van der Waals surface area contributed by atoms with Crippen molar-refractivity contribution in [3.8, 4) is 5.75 Å². The molecule has 0 saturated heterocycles. The van der Waals surface area contributed by atoms with Gasteiger partial charge in [-0.2, -0.15) is 0 Å². The van der Waals surface area contributed by atoms with Gasteiger partial charge in [0.15, 0.2) is 0 Å². The number of benzene rings is 2. The van der Waals surface area contributed by atoms with Gasteiger partial charge in [0.2, 0.25) is 0 Å². The SMILES string of the molecule is CCOC(=O)c1ccc(N)cc1N(C)C(=O)COCc1ccc(O)cc1. The molecule has 26 heavy (non-hydrogen) atoms. The molecule has 7 nitrogen and oxygen atoms in total. The molecule has 0 fully saturated rings. The van der Waals surface area contributed by atoms with Crippen LogP contribution in [0.25, 0.3) is 0 Å². The second-order valence-electron chi connectivity index (χ2n) is 5.61. The smallest absolute Gasteiger partial charge is 0.340 e. The lowest BCUT2D eigenvalue weighted by molar-refractivity contribution is -0.123. The molecule has 138 valence electrons. The van der Waals surface area contributed by atoms with E-state index in [0.717, 1.165) is 5.56 Å². The number of likely N-dealkylation sites (N-methyl/N-ethyl adjacent to an activating group) is 1. The number of anilines is 2. The third-order valence-electron chi connectivity index (χ3n) is 3.68. The van der Waals surface area contributed by atoms with Crippen molar-refractivity contribution in [3.05, 3.63) is 53.6 Å². The third-order valence-corrected chi connectivity index (χ3v) is 3.68. The van der Waals surface area contributed by atoms with Gasteiger partial charge in [0.05, 0.1) is 24.5 Å². The molecular formula is C19H22N2O5. The number of nitrogen functional groups attached to an aromatic ring is 1. The van der Waals surface area contributed by atoms with Crippen LogP contribution in [0.3, 0.4) is 0 Å². The van der Waals surface area contributed by atoms with Crippen LogP contribution in [0.4, 0.5) is 11.4 Å². The minimum Gasteiger partial charge on any atom is -0.508 e. The Morgan fingerprint density at radius 2 is 1.85 bits per heavy atom. The van der Waals surface area contributed by atoms with E-state index in [9.17, 15) is 14.7 Å². The van der Waals surface area contributed by atoms with Crippen molar-refractivity contribution < 1.29 is 24.2 Å². The molecule has 3 N–H and O–H groups in total. The van der Waals surface area contributed by atoms with Crippen LogP contribution in [0.15, 0.2) is 42.5 Å². The zero-order valence-corrected chi connectivity index (χ0v) is 14.8. The summed E-state index contributed by atoms with van der Waals surface area (Å²) in [5.74, 6) is -0.690. The summed E-state index contributed by atoms with van der Waals surface area (Å²) in [5.41, 5.74) is 7.67. The van der Waals surface area contributed by atoms with Gasteiger partial charge in [0.1, 0.15) is 12.4 Å². The second kappa shape index (κ2) is 8.87. The van der Waals surface area contributed by atoms with Crippen LogP contribution in [0, 0.1) is 0 Å². The Hall–Kier alpha value is -3.06. The number of rotatable bonds is 7. The summed E-state index contributed by atoms with van der Waals surface area (Å²) in [6, 6.07) is 11.2. The van der Waals surface area contributed by atoms with Crippen LogP contribution in [-0.2, 0) is 20.9 Å². The largest absolute Gasteiger partial charge is 0.508 e. The van der Waals surface area contributed by atoms with E-state index in [0.29, 0.717) is 11.4 Å². The Balaban J connectivity index is 2.04. The Labute approximate surface area is 151 Å². The maximum Gasteiger partial charge on any atom is 0.340 e. The molecule has 0 unspecified atom stereocenters. The fourth-order valence-corrected chi connectivity index (χ4v) is 2.29. The van der Waals surface area contributed by atoms with Gasteiger partial charge in [0, 0.05) is 12.7 Å². The van der Waals surface area contributed by atoms with E-state index in [4.69, 9.17) is 15.2 Å². The lowest BCUT2D eigenvalue weighted by Gasteiger charge is -2.20. The van der Waals surface area contributed by atoms with Crippen molar-refractivity contribution in [2.45, 2.75) is 13.5 Å². The zero-order valence-electron chi connectivity index (χ0n) is 14.8. The monoisotopic (exact) mass is 358 g/mol. The van der Waals surface area contributed by atoms with Gasteiger partial charge in [0.25, 0.3) is 5.91 Å². The number of ether oxygens (including phenoxy) is 2. The first-order valence-electron chi connectivity index (χ1n) is 8.11. The molecule has 1 amide bonds. The number of phenols is 1. The average molecular weight is 358 g/mol. The summed E-state index contributed by atoms with van der Waals surface area (Å²) in [4.78, 5) is 25.8. The lowest BCUT2D eigenvalue weighted by Crippen LogP contribution is -2.31. The fraction of sp³-hybridized carbons (Fsp3) is 0.263. The van der Waals surface area contributed by atoms with Gasteiger partial charge in [-0.1, -0.05) is 12.1 Å². The van der Waals surface area contributed by atoms with Crippen LogP contribution in [0.2, 0.25) is 0 Å². The summed E-state index contributed by atoms with van der Waals surface area (Å²) in [6.45, 7) is 1.99. The molecule has 2 aromatic rings. The van der Waals surface area contributed by atoms with Gasteiger partial charge in [-0.05, 0) is 42.8 Å². The Morgan fingerprint density at radius 3 is 2.50 bits per heavy atom. The molecule has 0 aliphatic heterocycles. The summed E-state index contributed by atoms with van der Waals surface area (Å²) >= 11 is 0. The molecule has 0 radical (unpaired) electrons. The fourth-order valence-electron chi connectivity index (χ4n) is 2.29. The molecule has 2 rings (SSSR count). The number of nitrogens with zero attached hydrogens (tertiary/aromatic N) is 1. The number of phenolic OH excluding ortho intramolecular Hbond substituents is 1. The quantitative estimate of drug-likeness (QED) is 0.582. The molecule has 0 aromatic heterocycles. The molecule has 0 bridgehead atoms. The van der Waals surface area contributed by atoms with E-state index in [1.54, 1.807) is 50.4 Å². The maximum atomic E-state index is 12.4. The molecule has 0 spiro atoms. The summed E-state index contributed by atoms with van der Waals surface area (Å²) in [6.07, 6.45) is 0. The Morgan fingerprint density at radius 1 is 1.15 bits per heavy atom. The number of amides is 1. The van der Waals surface area contributed by atoms with Crippen LogP contribution in [0.5, 0.6) is 5.75 Å². The van der Waals surface area contributed by atoms with E-state index in [2.05, 4.69) is 0 Å². The molecule has 0 aliphatic rings. The van der Waals surface area contributed by atoms with Crippen molar-refractivity contribution in [3.63, 3.8) is 0 Å².